The molecule has 1 heterocycles. The van der Waals surface area contributed by atoms with Crippen LogP contribution in [-0.4, -0.2) is 85.3 Å². The molecule has 1 saturated carbocycles. The number of rotatable bonds is 5. The van der Waals surface area contributed by atoms with Crippen LogP contribution in [0.4, 0.5) is 0 Å². The summed E-state index contributed by atoms with van der Waals surface area (Å²) in [6.07, 6.45) is -2.82. The Hall–Kier alpha value is -0.580. The highest BCUT2D eigenvalue weighted by atomic mass is 16.7. The van der Waals surface area contributed by atoms with Crippen LogP contribution in [0.25, 0.3) is 0 Å². The molecule has 1 aliphatic carbocycles. The number of hydrogen-bond acceptors (Lipinski definition) is 8. The fourth-order valence-electron chi connectivity index (χ4n) is 4.21. The summed E-state index contributed by atoms with van der Waals surface area (Å²) in [4.78, 5) is 0. The zero-order chi connectivity index (χ0) is 20.6. The lowest BCUT2D eigenvalue weighted by Gasteiger charge is -2.57. The molecular formula is C19H34O8. The first-order valence-electron chi connectivity index (χ1n) is 9.47. The molecule has 2 rings (SSSR count). The first kappa shape index (κ1) is 22.7. The van der Waals surface area contributed by atoms with Gasteiger partial charge in [-0.05, 0) is 38.5 Å². The van der Waals surface area contributed by atoms with Gasteiger partial charge in [0.2, 0.25) is 0 Å². The van der Waals surface area contributed by atoms with E-state index in [1.165, 1.54) is 12.2 Å². The van der Waals surface area contributed by atoms with Gasteiger partial charge in [0.25, 0.3) is 0 Å². The lowest BCUT2D eigenvalue weighted by molar-refractivity contribution is -0.352. The van der Waals surface area contributed by atoms with Crippen molar-refractivity contribution >= 4 is 0 Å². The van der Waals surface area contributed by atoms with E-state index in [9.17, 15) is 30.6 Å². The van der Waals surface area contributed by atoms with Crippen molar-refractivity contribution in [3.63, 3.8) is 0 Å². The summed E-state index contributed by atoms with van der Waals surface area (Å²) in [5, 5.41) is 60.9. The van der Waals surface area contributed by atoms with Crippen molar-refractivity contribution < 1.29 is 40.1 Å². The summed E-state index contributed by atoms with van der Waals surface area (Å²) in [5.41, 5.74) is -3.29. The average Bonchev–Trinajstić information content (AvgIpc) is 2.58. The highest BCUT2D eigenvalue weighted by molar-refractivity contribution is 5.21. The van der Waals surface area contributed by atoms with Crippen LogP contribution in [0.15, 0.2) is 12.2 Å². The predicted octanol–water partition coefficient (Wildman–Crippen LogP) is -0.560. The Morgan fingerprint density at radius 3 is 2.30 bits per heavy atom. The molecule has 27 heavy (non-hydrogen) atoms. The van der Waals surface area contributed by atoms with E-state index in [1.54, 1.807) is 13.8 Å². The van der Waals surface area contributed by atoms with Crippen molar-refractivity contribution in [2.24, 2.45) is 5.41 Å². The Labute approximate surface area is 160 Å². The standard InChI is InChI=1S/C19H34O8/c1-11(21)6-9-19(25)17(2,3)7-5-8-18(19,4)27-16-15(24)14(23)13(22)12(10-20)26-16/h6,9,11-16,20-25H,5,7-8,10H2,1-4H3/b9-6+/t11-,12-,13-,14+,15-,16+,18-,19-/m1/s1. The van der Waals surface area contributed by atoms with Crippen LogP contribution in [0.5, 0.6) is 0 Å². The molecule has 0 aromatic rings. The second-order valence-electron chi connectivity index (χ2n) is 8.65. The van der Waals surface area contributed by atoms with Crippen LogP contribution in [0.1, 0.15) is 47.0 Å². The van der Waals surface area contributed by atoms with Gasteiger partial charge in [-0.3, -0.25) is 0 Å². The van der Waals surface area contributed by atoms with E-state index in [0.29, 0.717) is 6.42 Å². The van der Waals surface area contributed by atoms with Crippen LogP contribution in [0.3, 0.4) is 0 Å². The van der Waals surface area contributed by atoms with Gasteiger partial charge in [-0.15, -0.1) is 0 Å². The van der Waals surface area contributed by atoms with Crippen LogP contribution < -0.4 is 0 Å². The summed E-state index contributed by atoms with van der Waals surface area (Å²) >= 11 is 0. The van der Waals surface area contributed by atoms with E-state index >= 15 is 0 Å². The molecule has 1 saturated heterocycles. The fraction of sp³-hybridized carbons (Fsp3) is 0.895. The van der Waals surface area contributed by atoms with Gasteiger partial charge >= 0.3 is 0 Å². The molecule has 0 aromatic heterocycles. The van der Waals surface area contributed by atoms with Crippen molar-refractivity contribution in [3.8, 4) is 0 Å². The molecule has 0 spiro atoms. The third kappa shape index (κ3) is 4.09. The summed E-state index contributed by atoms with van der Waals surface area (Å²) in [6.45, 7) is 6.51. The molecule has 8 nitrogen and oxygen atoms in total. The highest BCUT2D eigenvalue weighted by Gasteiger charge is 2.60. The largest absolute Gasteiger partial charge is 0.394 e. The van der Waals surface area contributed by atoms with Crippen molar-refractivity contribution in [1.82, 2.24) is 0 Å². The number of ether oxygens (including phenoxy) is 2. The highest BCUT2D eigenvalue weighted by Crippen LogP contribution is 2.52. The van der Waals surface area contributed by atoms with Crippen LogP contribution in [0, 0.1) is 5.41 Å². The first-order chi connectivity index (χ1) is 12.4. The fourth-order valence-corrected chi connectivity index (χ4v) is 4.21. The van der Waals surface area contributed by atoms with Crippen molar-refractivity contribution in [1.29, 1.82) is 0 Å². The summed E-state index contributed by atoms with van der Waals surface area (Å²) < 4.78 is 11.5. The van der Waals surface area contributed by atoms with E-state index in [2.05, 4.69) is 0 Å². The Balaban J connectivity index is 2.35. The van der Waals surface area contributed by atoms with Crippen molar-refractivity contribution in [2.45, 2.75) is 95.0 Å². The zero-order valence-corrected chi connectivity index (χ0v) is 16.4. The molecular weight excluding hydrogens is 356 g/mol. The van der Waals surface area contributed by atoms with E-state index in [1.807, 2.05) is 13.8 Å². The number of aliphatic hydroxyl groups excluding tert-OH is 5. The van der Waals surface area contributed by atoms with E-state index < -0.39 is 60.0 Å². The maximum absolute atomic E-state index is 11.6. The van der Waals surface area contributed by atoms with Crippen LogP contribution in [-0.2, 0) is 9.47 Å². The Morgan fingerprint density at radius 2 is 1.74 bits per heavy atom. The first-order valence-corrected chi connectivity index (χ1v) is 9.47. The topological polar surface area (TPSA) is 140 Å². The Morgan fingerprint density at radius 1 is 1.11 bits per heavy atom. The molecule has 0 unspecified atom stereocenters. The van der Waals surface area contributed by atoms with E-state index in [4.69, 9.17) is 9.47 Å². The quantitative estimate of drug-likeness (QED) is 0.343. The van der Waals surface area contributed by atoms with Crippen LogP contribution >= 0.6 is 0 Å². The molecule has 158 valence electrons. The van der Waals surface area contributed by atoms with E-state index in [0.717, 1.165) is 12.8 Å². The molecule has 8 heteroatoms. The van der Waals surface area contributed by atoms with Gasteiger partial charge in [-0.2, -0.15) is 0 Å². The Bertz CT molecular complexity index is 534. The predicted molar refractivity (Wildman–Crippen MR) is 96.7 cm³/mol. The summed E-state index contributed by atoms with van der Waals surface area (Å²) in [5.74, 6) is 0. The summed E-state index contributed by atoms with van der Waals surface area (Å²) in [6, 6.07) is 0. The smallest absolute Gasteiger partial charge is 0.187 e. The van der Waals surface area contributed by atoms with Gasteiger partial charge in [-0.1, -0.05) is 26.0 Å². The zero-order valence-electron chi connectivity index (χ0n) is 16.4. The Kier molecular flexibility index (Phi) is 6.76. The van der Waals surface area contributed by atoms with Gasteiger partial charge in [0.15, 0.2) is 6.29 Å². The average molecular weight is 390 g/mol. The minimum Gasteiger partial charge on any atom is -0.394 e. The molecule has 6 N–H and O–H groups in total. The normalized spacial score (nSPS) is 46.5. The number of hydrogen-bond donors (Lipinski definition) is 6. The SMILES string of the molecule is C[C@@H](O)/C=C/[C@@]1(O)C(C)(C)CCC[C@@]1(C)O[C@@H]1O[C@H](CO)[C@@H](O)[C@H](O)[C@H]1O. The monoisotopic (exact) mass is 390 g/mol. The second kappa shape index (κ2) is 8.04. The van der Waals surface area contributed by atoms with Crippen molar-refractivity contribution in [2.75, 3.05) is 6.61 Å². The van der Waals surface area contributed by atoms with Gasteiger partial charge in [-0.25, -0.2) is 0 Å². The third-order valence-corrected chi connectivity index (χ3v) is 6.13. The van der Waals surface area contributed by atoms with Gasteiger partial charge in [0.05, 0.1) is 12.7 Å². The maximum atomic E-state index is 11.6. The third-order valence-electron chi connectivity index (χ3n) is 6.13. The molecule has 0 bridgehead atoms. The summed E-state index contributed by atoms with van der Waals surface area (Å²) in [7, 11) is 0. The second-order valence-corrected chi connectivity index (χ2v) is 8.65. The molecule has 1 aliphatic heterocycles. The molecule has 0 radical (unpaired) electrons. The molecule has 2 fully saturated rings. The van der Waals surface area contributed by atoms with Gasteiger partial charge < -0.3 is 40.1 Å². The maximum Gasteiger partial charge on any atom is 0.187 e. The lowest BCUT2D eigenvalue weighted by Crippen LogP contribution is -2.67. The van der Waals surface area contributed by atoms with Crippen molar-refractivity contribution in [3.05, 3.63) is 12.2 Å². The minimum absolute atomic E-state index is 0.450. The molecule has 0 amide bonds. The van der Waals surface area contributed by atoms with E-state index in [-0.39, 0.29) is 0 Å². The molecule has 8 atom stereocenters. The van der Waals surface area contributed by atoms with Crippen LogP contribution in [0.2, 0.25) is 0 Å². The number of aliphatic hydroxyl groups is 6. The van der Waals surface area contributed by atoms with Gasteiger partial charge in [0.1, 0.15) is 35.6 Å². The minimum atomic E-state index is -1.55. The lowest BCUT2D eigenvalue weighted by atomic mass is 9.58. The molecule has 0 aromatic carbocycles. The van der Waals surface area contributed by atoms with Gasteiger partial charge in [0, 0.05) is 0 Å². The molecule has 2 aliphatic rings.